The van der Waals surface area contributed by atoms with Gasteiger partial charge in [0.15, 0.2) is 5.03 Å². The molecule has 0 bridgehead atoms. The third kappa shape index (κ3) is 9.78. The molecule has 0 aliphatic carbocycles. The molecule has 47 heavy (non-hydrogen) atoms. The van der Waals surface area contributed by atoms with Crippen molar-refractivity contribution >= 4 is 27.5 Å². The summed E-state index contributed by atoms with van der Waals surface area (Å²) in [6.45, 7) is 6.37. The molecule has 4 atom stereocenters. The van der Waals surface area contributed by atoms with Crippen LogP contribution in [0.3, 0.4) is 0 Å². The molecule has 1 aromatic heterocycles. The van der Waals surface area contributed by atoms with E-state index < -0.39 is 22.0 Å². The summed E-state index contributed by atoms with van der Waals surface area (Å²) in [6, 6.07) is 13.6. The minimum atomic E-state index is -4.02. The minimum Gasteiger partial charge on any atom is -0.490 e. The molecule has 0 saturated carbocycles. The molecule has 0 saturated heterocycles. The number of fused-ring (bicyclic) bond motifs is 1. The van der Waals surface area contributed by atoms with Gasteiger partial charge in [-0.15, -0.1) is 0 Å². The second kappa shape index (κ2) is 16.2. The van der Waals surface area contributed by atoms with Crippen LogP contribution < -0.4 is 9.46 Å². The number of hydrogen-bond donors (Lipinski definition) is 2. The van der Waals surface area contributed by atoms with Crippen molar-refractivity contribution in [1.29, 1.82) is 0 Å². The highest BCUT2D eigenvalue weighted by Gasteiger charge is 2.31. The van der Waals surface area contributed by atoms with Crippen LogP contribution in [0, 0.1) is 5.92 Å². The van der Waals surface area contributed by atoms with E-state index in [1.807, 2.05) is 44.2 Å². The van der Waals surface area contributed by atoms with Crippen molar-refractivity contribution < 1.29 is 32.6 Å². The molecule has 4 rings (SSSR count). The standard InChI is InChI=1S/C34H47N5O7S/c1-24-19-39(25(2)22-40)34(42)29-18-28(36-47(43,44)32-21-37(4)23-35-32)14-15-30(29)46-26(3)11-9-10-16-45-31(24)20-38(5)33(41)17-27-12-7-6-8-13-27/h6-8,12-15,18,21,23-26,31,36,40H,9-11,16-17,19-20,22H2,1-5H3/t24-,25+,26+,31+/m0/s1. The molecule has 12 nitrogen and oxygen atoms in total. The predicted octanol–water partition coefficient (Wildman–Crippen LogP) is 3.72. The lowest BCUT2D eigenvalue weighted by atomic mass is 10.0. The third-order valence-corrected chi connectivity index (χ3v) is 9.60. The van der Waals surface area contributed by atoms with E-state index in [1.54, 1.807) is 43.0 Å². The van der Waals surface area contributed by atoms with Crippen LogP contribution in [-0.2, 0) is 33.0 Å². The van der Waals surface area contributed by atoms with Crippen molar-refractivity contribution in [2.24, 2.45) is 13.0 Å². The van der Waals surface area contributed by atoms with Crippen molar-refractivity contribution in [1.82, 2.24) is 19.4 Å². The second-order valence-electron chi connectivity index (χ2n) is 12.4. The van der Waals surface area contributed by atoms with Crippen LogP contribution in [0.1, 0.15) is 56.0 Å². The Morgan fingerprint density at radius 2 is 1.91 bits per heavy atom. The van der Waals surface area contributed by atoms with Crippen molar-refractivity contribution in [3.8, 4) is 5.75 Å². The molecule has 1 aliphatic heterocycles. The van der Waals surface area contributed by atoms with Crippen molar-refractivity contribution in [2.45, 2.75) is 69.7 Å². The molecule has 13 heteroatoms. The molecule has 2 N–H and O–H groups in total. The van der Waals surface area contributed by atoms with E-state index in [1.165, 1.54) is 23.2 Å². The Morgan fingerprint density at radius 1 is 1.17 bits per heavy atom. The molecule has 0 spiro atoms. The highest BCUT2D eigenvalue weighted by Crippen LogP contribution is 2.29. The summed E-state index contributed by atoms with van der Waals surface area (Å²) in [4.78, 5) is 34.6. The number of sulfonamides is 1. The molecular formula is C34H47N5O7S. The number of benzene rings is 2. The largest absolute Gasteiger partial charge is 0.490 e. The van der Waals surface area contributed by atoms with Gasteiger partial charge in [-0.2, -0.15) is 8.42 Å². The van der Waals surface area contributed by atoms with Gasteiger partial charge in [-0.25, -0.2) is 4.98 Å². The lowest BCUT2D eigenvalue weighted by Crippen LogP contribution is -2.48. The fourth-order valence-electron chi connectivity index (χ4n) is 5.46. The zero-order valence-corrected chi connectivity index (χ0v) is 28.7. The van der Waals surface area contributed by atoms with E-state index in [2.05, 4.69) is 9.71 Å². The molecule has 0 fully saturated rings. The number of aliphatic hydroxyl groups excluding tert-OH is 1. The van der Waals surface area contributed by atoms with Crippen LogP contribution >= 0.6 is 0 Å². The lowest BCUT2D eigenvalue weighted by molar-refractivity contribution is -0.131. The van der Waals surface area contributed by atoms with Gasteiger partial charge in [0.2, 0.25) is 5.91 Å². The average Bonchev–Trinajstić information content (AvgIpc) is 3.50. The quantitative estimate of drug-likeness (QED) is 0.351. The number of hydrogen-bond acceptors (Lipinski definition) is 8. The number of aryl methyl sites for hydroxylation is 1. The Labute approximate surface area is 277 Å². The van der Waals surface area contributed by atoms with E-state index in [0.717, 1.165) is 18.4 Å². The molecule has 256 valence electrons. The predicted molar refractivity (Wildman–Crippen MR) is 179 cm³/mol. The first-order valence-electron chi connectivity index (χ1n) is 16.0. The molecule has 1 aliphatic rings. The van der Waals surface area contributed by atoms with Gasteiger partial charge in [0.05, 0.1) is 43.2 Å². The first-order chi connectivity index (χ1) is 22.4. The number of imidazole rings is 1. The maximum Gasteiger partial charge on any atom is 0.280 e. The molecule has 2 heterocycles. The molecule has 2 amide bonds. The van der Waals surface area contributed by atoms with Gasteiger partial charge in [0, 0.05) is 51.6 Å². The summed E-state index contributed by atoms with van der Waals surface area (Å²) < 4.78 is 42.7. The number of anilines is 1. The number of rotatable bonds is 9. The summed E-state index contributed by atoms with van der Waals surface area (Å²) in [7, 11) is -0.593. The van der Waals surface area contributed by atoms with Crippen LogP contribution in [0.2, 0.25) is 0 Å². The number of nitrogens with zero attached hydrogens (tertiary/aromatic N) is 4. The smallest absolute Gasteiger partial charge is 0.280 e. The molecular weight excluding hydrogens is 622 g/mol. The highest BCUT2D eigenvalue weighted by atomic mass is 32.2. The van der Waals surface area contributed by atoms with E-state index in [9.17, 15) is 23.1 Å². The number of nitrogens with one attached hydrogen (secondary N) is 1. The minimum absolute atomic E-state index is 0.0383. The van der Waals surface area contributed by atoms with Crippen LogP contribution in [0.5, 0.6) is 5.75 Å². The number of aromatic nitrogens is 2. The van der Waals surface area contributed by atoms with E-state index >= 15 is 0 Å². The Balaban J connectivity index is 1.62. The number of carbonyl (C=O) groups is 2. The normalized spacial score (nSPS) is 20.4. The number of ether oxygens (including phenoxy) is 2. The van der Waals surface area contributed by atoms with Crippen molar-refractivity contribution in [3.63, 3.8) is 0 Å². The van der Waals surface area contributed by atoms with Gasteiger partial charge in [-0.3, -0.25) is 14.3 Å². The van der Waals surface area contributed by atoms with Gasteiger partial charge in [-0.1, -0.05) is 37.3 Å². The topological polar surface area (TPSA) is 143 Å². The van der Waals surface area contributed by atoms with Crippen LogP contribution in [-0.4, -0.2) is 96.3 Å². The summed E-state index contributed by atoms with van der Waals surface area (Å²) in [5.74, 6) is -0.369. The summed E-state index contributed by atoms with van der Waals surface area (Å²) in [5, 5.41) is 10.0. The maximum atomic E-state index is 14.3. The first kappa shape index (κ1) is 35.9. The Kier molecular flexibility index (Phi) is 12.4. The van der Waals surface area contributed by atoms with Gasteiger partial charge >= 0.3 is 0 Å². The van der Waals surface area contributed by atoms with E-state index in [0.29, 0.717) is 25.3 Å². The maximum absolute atomic E-state index is 14.3. The summed E-state index contributed by atoms with van der Waals surface area (Å²) >= 11 is 0. The van der Waals surface area contributed by atoms with Crippen molar-refractivity contribution in [2.75, 3.05) is 38.1 Å². The first-order valence-corrected chi connectivity index (χ1v) is 17.5. The van der Waals surface area contributed by atoms with E-state index in [-0.39, 0.29) is 59.9 Å². The SMILES string of the molecule is C[C@@H]1CCCCO[C@H](CN(C)C(=O)Cc2ccccc2)[C@@H](C)CN([C@H](C)CO)C(=O)c2cc(NS(=O)(=O)c3cn(C)cn3)ccc2O1. The second-order valence-corrected chi connectivity index (χ2v) is 14.1. The Bertz CT molecular complexity index is 1600. The summed E-state index contributed by atoms with van der Waals surface area (Å²) in [6.07, 6.45) is 4.74. The van der Waals surface area contributed by atoms with Crippen molar-refractivity contribution in [3.05, 3.63) is 72.2 Å². The Morgan fingerprint density at radius 3 is 2.60 bits per heavy atom. The molecule has 0 radical (unpaired) electrons. The third-order valence-electron chi connectivity index (χ3n) is 8.34. The van der Waals surface area contributed by atoms with Gasteiger partial charge in [0.1, 0.15) is 5.75 Å². The van der Waals surface area contributed by atoms with Gasteiger partial charge in [0.25, 0.3) is 15.9 Å². The van der Waals surface area contributed by atoms with Crippen LogP contribution in [0.4, 0.5) is 5.69 Å². The fraction of sp³-hybridized carbons (Fsp3) is 0.500. The monoisotopic (exact) mass is 669 g/mol. The van der Waals surface area contributed by atoms with Gasteiger partial charge < -0.3 is 28.9 Å². The number of likely N-dealkylation sites (N-methyl/N-ethyl adjacent to an activating group) is 1. The molecule has 3 aromatic rings. The Hall–Kier alpha value is -3.94. The number of carbonyl (C=O) groups excluding carboxylic acids is 2. The lowest BCUT2D eigenvalue weighted by Gasteiger charge is -2.36. The number of aliphatic hydroxyl groups is 1. The zero-order chi connectivity index (χ0) is 34.1. The fourth-order valence-corrected chi connectivity index (χ4v) is 6.49. The number of amides is 2. The average molecular weight is 670 g/mol. The molecule has 2 aromatic carbocycles. The van der Waals surface area contributed by atoms with Crippen LogP contribution in [0.25, 0.3) is 0 Å². The van der Waals surface area contributed by atoms with Gasteiger partial charge in [-0.05, 0) is 56.9 Å². The summed E-state index contributed by atoms with van der Waals surface area (Å²) in [5.41, 5.74) is 1.26. The zero-order valence-electron chi connectivity index (χ0n) is 27.8. The van der Waals surface area contributed by atoms with E-state index in [4.69, 9.17) is 9.47 Å². The van der Waals surface area contributed by atoms with Crippen LogP contribution in [0.15, 0.2) is 66.1 Å². The molecule has 0 unspecified atom stereocenters. The highest BCUT2D eigenvalue weighted by molar-refractivity contribution is 7.92.